The summed E-state index contributed by atoms with van der Waals surface area (Å²) in [6.45, 7) is 2.32. The van der Waals surface area contributed by atoms with Crippen LogP contribution in [0.15, 0.2) is 140 Å². The molecule has 0 unspecified atom stereocenters. The average molecular weight is 709 g/mol. The number of nitriles is 1. The Bertz CT molecular complexity index is 2600. The van der Waals surface area contributed by atoms with E-state index in [-0.39, 0.29) is 5.41 Å². The third-order valence-electron chi connectivity index (χ3n) is 13.4. The monoisotopic (exact) mass is 708 g/mol. The van der Waals surface area contributed by atoms with Crippen LogP contribution in [0.5, 0.6) is 0 Å². The van der Waals surface area contributed by atoms with Gasteiger partial charge < -0.3 is 0 Å². The summed E-state index contributed by atoms with van der Waals surface area (Å²) in [6.07, 6.45) is 6.72. The molecule has 55 heavy (non-hydrogen) atoms. The molecule has 4 saturated carbocycles. The van der Waals surface area contributed by atoms with Crippen molar-refractivity contribution < 1.29 is 0 Å². The van der Waals surface area contributed by atoms with E-state index in [1.807, 2.05) is 54.6 Å². The molecule has 1 spiro atoms. The Hall–Kier alpha value is -6.18. The first-order valence-corrected chi connectivity index (χ1v) is 19.8. The standard InChI is InChI=1S/C51H40N4/c1-31-20-41(38-16-9-17-40(27-38)50-54-48(35-11-4-2-5-12-35)53-49(55-50)36-13-6-3-7-14-36)29-46-47(31)44-19-18-39(37-15-8-10-32(22-37)30-52)28-45(44)51(46)42-23-33-21-34(25-42)26-43(51)24-33/h2-20,22,27-29,33-34,42-43H,21,23-26H2,1H3. The zero-order valence-corrected chi connectivity index (χ0v) is 30.9. The van der Waals surface area contributed by atoms with Gasteiger partial charge >= 0.3 is 0 Å². The minimum atomic E-state index is 0.00268. The highest BCUT2D eigenvalue weighted by Crippen LogP contribution is 2.70. The molecule has 5 aliphatic rings. The Kier molecular flexibility index (Phi) is 7.29. The van der Waals surface area contributed by atoms with Gasteiger partial charge in [-0.15, -0.1) is 0 Å². The summed E-state index contributed by atoms with van der Waals surface area (Å²) in [5.74, 6) is 5.02. The van der Waals surface area contributed by atoms with E-state index < -0.39 is 0 Å². The minimum absolute atomic E-state index is 0.00268. The number of benzene rings is 6. The molecule has 1 heterocycles. The van der Waals surface area contributed by atoms with Crippen molar-refractivity contribution in [1.82, 2.24) is 15.0 Å². The highest BCUT2D eigenvalue weighted by atomic mass is 15.0. The van der Waals surface area contributed by atoms with Gasteiger partial charge in [0, 0.05) is 22.1 Å². The lowest BCUT2D eigenvalue weighted by Gasteiger charge is -2.61. The minimum Gasteiger partial charge on any atom is -0.208 e. The predicted octanol–water partition coefficient (Wildman–Crippen LogP) is 12.1. The number of aromatic nitrogens is 3. The molecule has 6 aromatic carbocycles. The van der Waals surface area contributed by atoms with Crippen LogP contribution in [0, 0.1) is 41.9 Å². The Balaban J connectivity index is 1.06. The van der Waals surface area contributed by atoms with Crippen LogP contribution in [0.3, 0.4) is 0 Å². The van der Waals surface area contributed by atoms with E-state index in [2.05, 4.69) is 97.9 Å². The number of hydrogen-bond donors (Lipinski definition) is 0. The number of aryl methyl sites for hydroxylation is 1. The van der Waals surface area contributed by atoms with E-state index >= 15 is 0 Å². The molecule has 1 aromatic heterocycles. The zero-order chi connectivity index (χ0) is 36.7. The molecule has 12 rings (SSSR count). The van der Waals surface area contributed by atoms with Crippen LogP contribution < -0.4 is 0 Å². The molecule has 0 aliphatic heterocycles. The molecule has 264 valence electrons. The summed E-state index contributed by atoms with van der Waals surface area (Å²) < 4.78 is 0. The Morgan fingerprint density at radius 3 is 1.65 bits per heavy atom. The molecule has 4 nitrogen and oxygen atoms in total. The van der Waals surface area contributed by atoms with E-state index in [0.717, 1.165) is 34.1 Å². The number of nitrogens with zero attached hydrogens (tertiary/aromatic N) is 4. The summed E-state index contributed by atoms with van der Waals surface area (Å²) in [5, 5.41) is 9.71. The first kappa shape index (κ1) is 32.3. The quantitative estimate of drug-likeness (QED) is 0.179. The van der Waals surface area contributed by atoms with Crippen LogP contribution >= 0.6 is 0 Å². The van der Waals surface area contributed by atoms with Gasteiger partial charge in [-0.1, -0.05) is 109 Å². The van der Waals surface area contributed by atoms with Crippen molar-refractivity contribution >= 4 is 0 Å². The van der Waals surface area contributed by atoms with E-state index in [9.17, 15) is 5.26 Å². The molecule has 0 radical (unpaired) electrons. The fourth-order valence-electron chi connectivity index (χ4n) is 11.4. The lowest BCUT2D eigenvalue weighted by Crippen LogP contribution is -2.55. The fraction of sp³-hybridized carbons (Fsp3) is 0.216. The summed E-state index contributed by atoms with van der Waals surface area (Å²) >= 11 is 0. The molecule has 0 amide bonds. The lowest BCUT2D eigenvalue weighted by molar-refractivity contribution is -0.0399. The second kappa shape index (κ2) is 12.4. The third kappa shape index (κ3) is 5.06. The first-order chi connectivity index (χ1) is 27.0. The maximum atomic E-state index is 9.71. The van der Waals surface area contributed by atoms with E-state index in [1.54, 1.807) is 0 Å². The van der Waals surface area contributed by atoms with Crippen LogP contribution in [0.25, 0.3) is 67.5 Å². The summed E-state index contributed by atoms with van der Waals surface area (Å²) in [4.78, 5) is 15.1. The number of rotatable bonds is 5. The molecular weight excluding hydrogens is 669 g/mol. The van der Waals surface area contributed by atoms with Gasteiger partial charge in [-0.3, -0.25) is 0 Å². The van der Waals surface area contributed by atoms with Crippen molar-refractivity contribution in [3.8, 4) is 73.6 Å². The van der Waals surface area contributed by atoms with Crippen LogP contribution in [0.4, 0.5) is 0 Å². The largest absolute Gasteiger partial charge is 0.208 e. The van der Waals surface area contributed by atoms with Crippen molar-refractivity contribution in [3.05, 3.63) is 162 Å². The average Bonchev–Trinajstić information content (AvgIpc) is 3.53. The van der Waals surface area contributed by atoms with Crippen molar-refractivity contribution in [2.45, 2.75) is 44.4 Å². The molecule has 0 atom stereocenters. The van der Waals surface area contributed by atoms with Crippen molar-refractivity contribution in [1.29, 1.82) is 5.26 Å². The second-order valence-corrected chi connectivity index (χ2v) is 16.5. The van der Waals surface area contributed by atoms with Gasteiger partial charge in [0.25, 0.3) is 0 Å². The van der Waals surface area contributed by atoms with Crippen LogP contribution in [-0.4, -0.2) is 15.0 Å². The van der Waals surface area contributed by atoms with Gasteiger partial charge in [-0.05, 0) is 143 Å². The van der Waals surface area contributed by atoms with Crippen LogP contribution in [0.2, 0.25) is 0 Å². The molecule has 0 saturated heterocycles. The zero-order valence-electron chi connectivity index (χ0n) is 30.9. The second-order valence-electron chi connectivity index (χ2n) is 16.5. The predicted molar refractivity (Wildman–Crippen MR) is 220 cm³/mol. The van der Waals surface area contributed by atoms with Crippen molar-refractivity contribution in [3.63, 3.8) is 0 Å². The molecule has 4 fully saturated rings. The van der Waals surface area contributed by atoms with Crippen molar-refractivity contribution in [2.24, 2.45) is 23.7 Å². The molecule has 5 aliphatic carbocycles. The maximum absolute atomic E-state index is 9.71. The maximum Gasteiger partial charge on any atom is 0.164 e. The molecular formula is C51H40N4. The van der Waals surface area contributed by atoms with Gasteiger partial charge in [0.2, 0.25) is 0 Å². The molecule has 4 bridgehead atoms. The van der Waals surface area contributed by atoms with Gasteiger partial charge in [0.1, 0.15) is 0 Å². The smallest absolute Gasteiger partial charge is 0.164 e. The number of fused-ring (bicyclic) bond motifs is 3. The SMILES string of the molecule is Cc1cc(-c2cccc(-c3nc(-c4ccccc4)nc(-c4ccccc4)n3)c2)cc2c1-c1ccc(-c3cccc(C#N)c3)cc1C21C2CC3CC(C2)CC1C3. The highest BCUT2D eigenvalue weighted by molar-refractivity contribution is 5.89. The Morgan fingerprint density at radius 2 is 1.02 bits per heavy atom. The van der Waals surface area contributed by atoms with Gasteiger partial charge in [0.15, 0.2) is 17.5 Å². The molecule has 4 heteroatoms. The first-order valence-electron chi connectivity index (χ1n) is 19.8. The molecule has 0 N–H and O–H groups in total. The van der Waals surface area contributed by atoms with Crippen LogP contribution in [0.1, 0.15) is 54.4 Å². The lowest BCUT2D eigenvalue weighted by atomic mass is 9.43. The molecule has 7 aromatic rings. The number of hydrogen-bond acceptors (Lipinski definition) is 4. The highest BCUT2D eigenvalue weighted by Gasteiger charge is 2.61. The van der Waals surface area contributed by atoms with E-state index in [1.165, 1.54) is 76.6 Å². The topological polar surface area (TPSA) is 62.5 Å². The van der Waals surface area contributed by atoms with Crippen molar-refractivity contribution in [2.75, 3.05) is 0 Å². The van der Waals surface area contributed by atoms with E-state index in [4.69, 9.17) is 15.0 Å². The summed E-state index contributed by atoms with van der Waals surface area (Å²) in [5.41, 5.74) is 15.6. The Morgan fingerprint density at radius 1 is 0.491 bits per heavy atom. The van der Waals surface area contributed by atoms with Gasteiger partial charge in [0.05, 0.1) is 11.6 Å². The van der Waals surface area contributed by atoms with Gasteiger partial charge in [-0.25, -0.2) is 15.0 Å². The third-order valence-corrected chi connectivity index (χ3v) is 13.4. The van der Waals surface area contributed by atoms with Gasteiger partial charge in [-0.2, -0.15) is 5.26 Å². The summed E-state index contributed by atoms with van der Waals surface area (Å²) in [6, 6.07) is 51.8. The Labute approximate surface area is 322 Å². The van der Waals surface area contributed by atoms with Crippen LogP contribution in [-0.2, 0) is 5.41 Å². The normalized spacial score (nSPS) is 22.7. The summed E-state index contributed by atoms with van der Waals surface area (Å²) in [7, 11) is 0. The fourth-order valence-corrected chi connectivity index (χ4v) is 11.4. The van der Waals surface area contributed by atoms with E-state index in [0.29, 0.717) is 34.9 Å².